The number of nitrogens with zero attached hydrogens (tertiary/aromatic N) is 2. The minimum Gasteiger partial charge on any atom is -0.497 e. The number of methoxy groups -OCH3 is 1. The second-order valence-corrected chi connectivity index (χ2v) is 8.67. The van der Waals surface area contributed by atoms with Gasteiger partial charge in [-0.25, -0.2) is 0 Å². The van der Waals surface area contributed by atoms with Crippen molar-refractivity contribution in [2.45, 2.75) is 56.3 Å². The number of hydrogen-bond acceptors (Lipinski definition) is 6. The average molecular weight is 402 g/mol. The highest BCUT2D eigenvalue weighted by atomic mass is 32.1. The molecule has 1 saturated heterocycles. The maximum Gasteiger partial charge on any atom is 0.237 e. The lowest BCUT2D eigenvalue weighted by Crippen LogP contribution is -2.44. The van der Waals surface area contributed by atoms with E-state index < -0.39 is 5.41 Å². The number of aromatic nitrogens is 2. The first kappa shape index (κ1) is 19.3. The summed E-state index contributed by atoms with van der Waals surface area (Å²) in [6, 6.07) is 7.78. The van der Waals surface area contributed by atoms with Crippen LogP contribution in [0, 0.1) is 0 Å². The van der Waals surface area contributed by atoms with Gasteiger partial charge in [-0.1, -0.05) is 42.7 Å². The molecule has 1 N–H and O–H groups in total. The van der Waals surface area contributed by atoms with Crippen LogP contribution in [0.2, 0.25) is 0 Å². The minimum absolute atomic E-state index is 0.0210. The van der Waals surface area contributed by atoms with Crippen molar-refractivity contribution in [1.29, 1.82) is 0 Å². The van der Waals surface area contributed by atoms with E-state index in [4.69, 9.17) is 9.47 Å². The van der Waals surface area contributed by atoms with Crippen molar-refractivity contribution >= 4 is 22.4 Å². The molecule has 7 heteroatoms. The Morgan fingerprint density at radius 3 is 2.54 bits per heavy atom. The Morgan fingerprint density at radius 2 is 1.86 bits per heavy atom. The Bertz CT molecular complexity index is 793. The van der Waals surface area contributed by atoms with Gasteiger partial charge in [0.25, 0.3) is 0 Å². The number of carbonyl (C=O) groups is 1. The average Bonchev–Trinajstić information content (AvgIpc) is 3.23. The molecule has 28 heavy (non-hydrogen) atoms. The Kier molecular flexibility index (Phi) is 5.92. The summed E-state index contributed by atoms with van der Waals surface area (Å²) in [4.78, 5) is 13.4. The van der Waals surface area contributed by atoms with Crippen LogP contribution in [0.25, 0.3) is 0 Å². The summed E-state index contributed by atoms with van der Waals surface area (Å²) in [7, 11) is 1.64. The number of ether oxygens (including phenoxy) is 2. The second kappa shape index (κ2) is 8.57. The number of rotatable bonds is 5. The highest BCUT2D eigenvalue weighted by Crippen LogP contribution is 2.38. The highest BCUT2D eigenvalue weighted by Gasteiger charge is 2.42. The third-order valence-corrected chi connectivity index (χ3v) is 7.04. The van der Waals surface area contributed by atoms with E-state index in [-0.39, 0.29) is 5.91 Å². The summed E-state index contributed by atoms with van der Waals surface area (Å²) in [6.45, 7) is 1.14. The molecular formula is C21H27N3O3S. The van der Waals surface area contributed by atoms with E-state index >= 15 is 0 Å². The van der Waals surface area contributed by atoms with Crippen LogP contribution >= 0.6 is 11.3 Å². The molecule has 0 spiro atoms. The van der Waals surface area contributed by atoms with Crippen LogP contribution < -0.4 is 10.1 Å². The van der Waals surface area contributed by atoms with E-state index in [0.29, 0.717) is 37.1 Å². The number of anilines is 1. The van der Waals surface area contributed by atoms with Gasteiger partial charge in [-0.15, -0.1) is 10.2 Å². The zero-order valence-corrected chi connectivity index (χ0v) is 17.1. The van der Waals surface area contributed by atoms with Gasteiger partial charge in [-0.2, -0.15) is 0 Å². The molecule has 2 aliphatic rings. The van der Waals surface area contributed by atoms with E-state index in [1.807, 2.05) is 24.3 Å². The molecule has 2 fully saturated rings. The van der Waals surface area contributed by atoms with Crippen molar-refractivity contribution in [2.75, 3.05) is 25.6 Å². The predicted octanol–water partition coefficient (Wildman–Crippen LogP) is 4.28. The van der Waals surface area contributed by atoms with E-state index in [0.717, 1.165) is 16.3 Å². The molecule has 0 atom stereocenters. The first-order valence-electron chi connectivity index (χ1n) is 10.1. The molecule has 6 nitrogen and oxygen atoms in total. The van der Waals surface area contributed by atoms with Crippen molar-refractivity contribution in [3.63, 3.8) is 0 Å². The van der Waals surface area contributed by atoms with Crippen molar-refractivity contribution in [3.05, 3.63) is 34.8 Å². The van der Waals surface area contributed by atoms with Gasteiger partial charge in [-0.3, -0.25) is 10.1 Å². The van der Waals surface area contributed by atoms with Crippen molar-refractivity contribution < 1.29 is 14.3 Å². The fourth-order valence-electron chi connectivity index (χ4n) is 4.29. The van der Waals surface area contributed by atoms with Crippen LogP contribution in [0.5, 0.6) is 5.75 Å². The van der Waals surface area contributed by atoms with Crippen LogP contribution in [-0.4, -0.2) is 36.4 Å². The van der Waals surface area contributed by atoms with E-state index in [2.05, 4.69) is 15.5 Å². The van der Waals surface area contributed by atoms with Crippen LogP contribution in [0.4, 0.5) is 5.13 Å². The van der Waals surface area contributed by atoms with Crippen molar-refractivity contribution in [2.24, 2.45) is 0 Å². The molecule has 4 rings (SSSR count). The quantitative estimate of drug-likeness (QED) is 0.809. The SMILES string of the molecule is COc1ccc(C2(C(=O)Nc3nnc(C4CCCCC4)s3)CCOCC2)cc1. The molecule has 2 heterocycles. The Balaban J connectivity index is 1.53. The summed E-state index contributed by atoms with van der Waals surface area (Å²) >= 11 is 1.53. The first-order chi connectivity index (χ1) is 13.7. The van der Waals surface area contributed by atoms with E-state index in [9.17, 15) is 4.79 Å². The first-order valence-corrected chi connectivity index (χ1v) is 10.9. The number of nitrogens with one attached hydrogen (secondary N) is 1. The van der Waals surface area contributed by atoms with E-state index in [1.165, 1.54) is 43.4 Å². The minimum atomic E-state index is -0.610. The molecule has 0 bridgehead atoms. The second-order valence-electron chi connectivity index (χ2n) is 7.66. The van der Waals surface area contributed by atoms with Crippen LogP contribution in [-0.2, 0) is 14.9 Å². The molecule has 150 valence electrons. The summed E-state index contributed by atoms with van der Waals surface area (Å²) in [5.41, 5.74) is 0.382. The summed E-state index contributed by atoms with van der Waals surface area (Å²) in [5.74, 6) is 1.26. The zero-order chi connectivity index (χ0) is 19.4. The standard InChI is InChI=1S/C21H27N3O3S/c1-26-17-9-7-16(8-10-17)21(11-13-27-14-12-21)19(25)22-20-24-23-18(28-20)15-5-3-2-4-6-15/h7-10,15H,2-6,11-14H2,1H3,(H,22,24,25). The summed E-state index contributed by atoms with van der Waals surface area (Å²) < 4.78 is 10.8. The lowest BCUT2D eigenvalue weighted by Gasteiger charge is -2.36. The van der Waals surface area contributed by atoms with Gasteiger partial charge in [0.15, 0.2) is 0 Å². The van der Waals surface area contributed by atoms with Gasteiger partial charge >= 0.3 is 0 Å². The van der Waals surface area contributed by atoms with E-state index in [1.54, 1.807) is 7.11 Å². The van der Waals surface area contributed by atoms with Crippen LogP contribution in [0.1, 0.15) is 61.4 Å². The maximum atomic E-state index is 13.4. The van der Waals surface area contributed by atoms with Crippen LogP contribution in [0.3, 0.4) is 0 Å². The molecule has 1 aliphatic carbocycles. The smallest absolute Gasteiger partial charge is 0.237 e. The lowest BCUT2D eigenvalue weighted by molar-refractivity contribution is -0.125. The largest absolute Gasteiger partial charge is 0.497 e. The third-order valence-electron chi connectivity index (χ3n) is 6.04. The van der Waals surface area contributed by atoms with Crippen molar-refractivity contribution in [1.82, 2.24) is 10.2 Å². The Morgan fingerprint density at radius 1 is 1.14 bits per heavy atom. The Hall–Kier alpha value is -1.99. The predicted molar refractivity (Wildman–Crippen MR) is 109 cm³/mol. The molecule has 1 aromatic carbocycles. The molecule has 1 saturated carbocycles. The van der Waals surface area contributed by atoms with Gasteiger partial charge in [0.2, 0.25) is 11.0 Å². The van der Waals surface area contributed by atoms with Gasteiger partial charge in [0.1, 0.15) is 10.8 Å². The molecule has 1 aromatic heterocycles. The van der Waals surface area contributed by atoms with Gasteiger partial charge in [0, 0.05) is 19.1 Å². The zero-order valence-electron chi connectivity index (χ0n) is 16.3. The summed E-state index contributed by atoms with van der Waals surface area (Å²) in [6.07, 6.45) is 7.48. The number of carbonyl (C=O) groups excluding carboxylic acids is 1. The molecular weight excluding hydrogens is 374 g/mol. The highest BCUT2D eigenvalue weighted by molar-refractivity contribution is 7.15. The molecule has 1 amide bonds. The monoisotopic (exact) mass is 401 g/mol. The Labute approximate surface area is 169 Å². The normalized spacial score (nSPS) is 19.9. The fraction of sp³-hybridized carbons (Fsp3) is 0.571. The lowest BCUT2D eigenvalue weighted by atomic mass is 9.73. The molecule has 0 unspecified atom stereocenters. The van der Waals surface area contributed by atoms with Gasteiger partial charge in [-0.05, 0) is 43.4 Å². The van der Waals surface area contributed by atoms with Crippen LogP contribution in [0.15, 0.2) is 24.3 Å². The number of hydrogen-bond donors (Lipinski definition) is 1. The van der Waals surface area contributed by atoms with Crippen molar-refractivity contribution in [3.8, 4) is 5.75 Å². The summed E-state index contributed by atoms with van der Waals surface area (Å²) in [5, 5.41) is 13.3. The topological polar surface area (TPSA) is 73.3 Å². The molecule has 1 aliphatic heterocycles. The molecule has 0 radical (unpaired) electrons. The van der Waals surface area contributed by atoms with Gasteiger partial charge < -0.3 is 9.47 Å². The van der Waals surface area contributed by atoms with Gasteiger partial charge in [0.05, 0.1) is 12.5 Å². The third kappa shape index (κ3) is 3.91. The fourth-order valence-corrected chi connectivity index (χ4v) is 5.20. The molecule has 2 aromatic rings. The number of amides is 1. The maximum absolute atomic E-state index is 13.4. The number of benzene rings is 1.